The number of nitrogens with zero attached hydrogens (tertiary/aromatic N) is 4. The molecule has 0 bridgehead atoms. The minimum absolute atomic E-state index is 0.00521. The van der Waals surface area contributed by atoms with E-state index >= 15 is 0 Å². The summed E-state index contributed by atoms with van der Waals surface area (Å²) in [5.74, 6) is 2.05. The number of H-pyrrole nitrogens is 2. The molecule has 1 amide bonds. The van der Waals surface area contributed by atoms with Crippen molar-refractivity contribution in [2.75, 3.05) is 13.7 Å². The van der Waals surface area contributed by atoms with Gasteiger partial charge in [-0.1, -0.05) is 0 Å². The van der Waals surface area contributed by atoms with Crippen molar-refractivity contribution in [1.82, 2.24) is 30.3 Å². The first-order valence-electron chi connectivity index (χ1n) is 7.93. The smallest absolute Gasteiger partial charge is 0.258 e. The SMILES string of the molecule is CO[C@@H]1C[C@@H](c2nc(C3CC3)n[nH]2)N(C(=O)c2cn[nH]c2C)C1. The van der Waals surface area contributed by atoms with Crippen LogP contribution in [-0.4, -0.2) is 55.9 Å². The maximum absolute atomic E-state index is 12.9. The monoisotopic (exact) mass is 316 g/mol. The van der Waals surface area contributed by atoms with Crippen molar-refractivity contribution in [3.63, 3.8) is 0 Å². The number of aromatic nitrogens is 5. The highest BCUT2D eigenvalue weighted by atomic mass is 16.5. The second kappa shape index (κ2) is 5.45. The Labute approximate surface area is 133 Å². The lowest BCUT2D eigenvalue weighted by Crippen LogP contribution is -2.32. The molecule has 1 saturated carbocycles. The number of carbonyl (C=O) groups excluding carboxylic acids is 1. The average molecular weight is 316 g/mol. The fourth-order valence-corrected chi connectivity index (χ4v) is 3.13. The molecular formula is C15H20N6O2. The molecule has 2 aromatic rings. The number of carbonyl (C=O) groups is 1. The average Bonchev–Trinajstić information content (AvgIpc) is 2.99. The van der Waals surface area contributed by atoms with Gasteiger partial charge in [0.2, 0.25) is 0 Å². The number of rotatable bonds is 4. The molecule has 8 heteroatoms. The minimum atomic E-state index is -0.137. The zero-order valence-electron chi connectivity index (χ0n) is 13.2. The van der Waals surface area contributed by atoms with Crippen LogP contribution in [0.3, 0.4) is 0 Å². The first-order valence-corrected chi connectivity index (χ1v) is 7.93. The molecule has 0 spiro atoms. The van der Waals surface area contributed by atoms with Crippen LogP contribution in [0.15, 0.2) is 6.20 Å². The third kappa shape index (κ3) is 2.52. The molecule has 3 heterocycles. The van der Waals surface area contributed by atoms with Gasteiger partial charge in [0.1, 0.15) is 5.82 Å². The molecule has 0 radical (unpaired) electrons. The lowest BCUT2D eigenvalue weighted by Gasteiger charge is -2.22. The van der Waals surface area contributed by atoms with Crippen LogP contribution in [0.2, 0.25) is 0 Å². The highest BCUT2D eigenvalue weighted by Gasteiger charge is 2.40. The number of nitrogens with one attached hydrogen (secondary N) is 2. The Morgan fingerprint density at radius 2 is 2.22 bits per heavy atom. The van der Waals surface area contributed by atoms with E-state index in [1.807, 2.05) is 11.8 Å². The summed E-state index contributed by atoms with van der Waals surface area (Å²) in [6, 6.07) is -0.137. The Hall–Kier alpha value is -2.22. The van der Waals surface area contributed by atoms with Gasteiger partial charge in [-0.2, -0.15) is 10.2 Å². The van der Waals surface area contributed by atoms with Gasteiger partial charge in [-0.3, -0.25) is 15.0 Å². The second-order valence-corrected chi connectivity index (χ2v) is 6.33. The van der Waals surface area contributed by atoms with Gasteiger partial charge >= 0.3 is 0 Å². The van der Waals surface area contributed by atoms with Crippen LogP contribution in [0, 0.1) is 6.92 Å². The van der Waals surface area contributed by atoms with Gasteiger partial charge in [0.05, 0.1) is 23.9 Å². The number of hydrogen-bond acceptors (Lipinski definition) is 5. The Morgan fingerprint density at radius 1 is 1.39 bits per heavy atom. The number of likely N-dealkylation sites (tertiary alicyclic amines) is 1. The van der Waals surface area contributed by atoms with Crippen LogP contribution in [0.1, 0.15) is 58.9 Å². The zero-order valence-corrected chi connectivity index (χ0v) is 13.2. The van der Waals surface area contributed by atoms with Gasteiger partial charge < -0.3 is 9.64 Å². The van der Waals surface area contributed by atoms with E-state index < -0.39 is 0 Å². The molecule has 2 fully saturated rings. The first kappa shape index (κ1) is 14.4. The highest BCUT2D eigenvalue weighted by molar-refractivity contribution is 5.95. The van der Waals surface area contributed by atoms with Gasteiger partial charge in [0.15, 0.2) is 5.82 Å². The fourth-order valence-electron chi connectivity index (χ4n) is 3.13. The third-order valence-electron chi connectivity index (χ3n) is 4.70. The van der Waals surface area contributed by atoms with E-state index in [9.17, 15) is 4.79 Å². The Morgan fingerprint density at radius 3 is 2.87 bits per heavy atom. The molecular weight excluding hydrogens is 296 g/mol. The predicted octanol–water partition coefficient (Wildman–Crippen LogP) is 1.32. The Bertz CT molecular complexity index is 719. The number of hydrogen-bond donors (Lipinski definition) is 2. The number of aryl methyl sites for hydroxylation is 1. The standard InChI is InChI=1S/C15H20N6O2/c1-8-11(6-16-18-8)15(22)21-7-10(23-2)5-12(21)14-17-13(19-20-14)9-3-4-9/h6,9-10,12H,3-5,7H2,1-2H3,(H,16,18)(H,17,19,20)/t10-,12+/m1/s1. The van der Waals surface area contributed by atoms with Crippen LogP contribution in [0.5, 0.6) is 0 Å². The number of amides is 1. The molecule has 1 aliphatic heterocycles. The summed E-state index contributed by atoms with van der Waals surface area (Å²) in [5, 5.41) is 14.1. The Kier molecular flexibility index (Phi) is 3.41. The highest BCUT2D eigenvalue weighted by Crippen LogP contribution is 2.39. The van der Waals surface area contributed by atoms with E-state index in [-0.39, 0.29) is 18.1 Å². The molecule has 2 aromatic heterocycles. The summed E-state index contributed by atoms with van der Waals surface area (Å²) in [6.45, 7) is 2.39. The quantitative estimate of drug-likeness (QED) is 0.886. The van der Waals surface area contributed by atoms with Gasteiger partial charge in [-0.15, -0.1) is 0 Å². The summed E-state index contributed by atoms with van der Waals surface area (Å²) < 4.78 is 5.48. The second-order valence-electron chi connectivity index (χ2n) is 6.33. The zero-order chi connectivity index (χ0) is 16.0. The number of methoxy groups -OCH3 is 1. The number of aromatic amines is 2. The van der Waals surface area contributed by atoms with E-state index in [1.165, 1.54) is 0 Å². The summed E-state index contributed by atoms with van der Waals surface area (Å²) in [4.78, 5) is 19.3. The molecule has 0 aromatic carbocycles. The van der Waals surface area contributed by atoms with Crippen LogP contribution in [0.25, 0.3) is 0 Å². The lowest BCUT2D eigenvalue weighted by molar-refractivity contribution is 0.0683. The largest absolute Gasteiger partial charge is 0.380 e. The molecule has 1 aliphatic carbocycles. The molecule has 8 nitrogen and oxygen atoms in total. The summed E-state index contributed by atoms with van der Waals surface area (Å²) in [7, 11) is 1.68. The summed E-state index contributed by atoms with van der Waals surface area (Å²) in [6.07, 6.45) is 4.60. The maximum Gasteiger partial charge on any atom is 0.258 e. The minimum Gasteiger partial charge on any atom is -0.380 e. The Balaban J connectivity index is 1.62. The van der Waals surface area contributed by atoms with E-state index in [2.05, 4.69) is 25.4 Å². The van der Waals surface area contributed by atoms with Gasteiger partial charge in [0, 0.05) is 31.7 Å². The summed E-state index contributed by atoms with van der Waals surface area (Å²) in [5.41, 5.74) is 1.36. The molecule has 1 saturated heterocycles. The maximum atomic E-state index is 12.9. The molecule has 2 N–H and O–H groups in total. The van der Waals surface area contributed by atoms with Crippen molar-refractivity contribution in [2.24, 2.45) is 0 Å². The van der Waals surface area contributed by atoms with E-state index in [0.717, 1.165) is 36.6 Å². The number of ether oxygens (including phenoxy) is 1. The molecule has 4 rings (SSSR count). The molecule has 2 aliphatic rings. The molecule has 0 unspecified atom stereocenters. The van der Waals surface area contributed by atoms with Crippen molar-refractivity contribution in [2.45, 2.75) is 44.2 Å². The molecule has 122 valence electrons. The predicted molar refractivity (Wildman–Crippen MR) is 80.9 cm³/mol. The van der Waals surface area contributed by atoms with E-state index in [1.54, 1.807) is 13.3 Å². The van der Waals surface area contributed by atoms with Gasteiger partial charge in [0.25, 0.3) is 5.91 Å². The third-order valence-corrected chi connectivity index (χ3v) is 4.70. The normalized spacial score (nSPS) is 24.3. The van der Waals surface area contributed by atoms with Crippen molar-refractivity contribution in [1.29, 1.82) is 0 Å². The van der Waals surface area contributed by atoms with E-state index in [0.29, 0.717) is 18.0 Å². The first-order chi connectivity index (χ1) is 11.2. The lowest BCUT2D eigenvalue weighted by atomic mass is 10.1. The molecule has 23 heavy (non-hydrogen) atoms. The van der Waals surface area contributed by atoms with Crippen LogP contribution in [-0.2, 0) is 4.74 Å². The van der Waals surface area contributed by atoms with Crippen molar-refractivity contribution in [3.05, 3.63) is 29.1 Å². The molecule has 2 atom stereocenters. The summed E-state index contributed by atoms with van der Waals surface area (Å²) >= 11 is 0. The van der Waals surface area contributed by atoms with Crippen LogP contribution < -0.4 is 0 Å². The topological polar surface area (TPSA) is 99.8 Å². The van der Waals surface area contributed by atoms with Crippen molar-refractivity contribution < 1.29 is 9.53 Å². The van der Waals surface area contributed by atoms with Gasteiger partial charge in [-0.05, 0) is 19.8 Å². The fraction of sp³-hybridized carbons (Fsp3) is 0.600. The van der Waals surface area contributed by atoms with Crippen molar-refractivity contribution in [3.8, 4) is 0 Å². The van der Waals surface area contributed by atoms with Crippen molar-refractivity contribution >= 4 is 5.91 Å². The van der Waals surface area contributed by atoms with Gasteiger partial charge in [-0.25, -0.2) is 4.98 Å². The van der Waals surface area contributed by atoms with Crippen LogP contribution in [0.4, 0.5) is 0 Å². The van der Waals surface area contributed by atoms with E-state index in [4.69, 9.17) is 4.74 Å². The van der Waals surface area contributed by atoms with Crippen LogP contribution >= 0.6 is 0 Å².